The van der Waals surface area contributed by atoms with Crippen LogP contribution in [0.5, 0.6) is 0 Å². The van der Waals surface area contributed by atoms with Gasteiger partial charge in [0.15, 0.2) is 0 Å². The van der Waals surface area contributed by atoms with Crippen molar-refractivity contribution in [1.29, 1.82) is 0 Å². The molecule has 5 heteroatoms. The van der Waals surface area contributed by atoms with Crippen LogP contribution in [0.25, 0.3) is 5.52 Å². The number of morpholine rings is 1. The molecular weight excluding hydrogens is 216 g/mol. The predicted octanol–water partition coefficient (Wildman–Crippen LogP) is 1.06. The molecule has 2 aromatic rings. The Labute approximate surface area is 99.8 Å². The van der Waals surface area contributed by atoms with Crippen LogP contribution in [-0.2, 0) is 4.74 Å². The zero-order valence-corrected chi connectivity index (χ0v) is 9.89. The first-order chi connectivity index (χ1) is 8.25. The maximum Gasteiger partial charge on any atom is 0.149 e. The number of fused-ring (bicyclic) bond motifs is 1. The molecule has 1 aliphatic heterocycles. The van der Waals surface area contributed by atoms with Crippen molar-refractivity contribution in [2.45, 2.75) is 6.92 Å². The number of nitrogens with zero attached hydrogens (tertiary/aromatic N) is 3. The average Bonchev–Trinajstić information content (AvgIpc) is 2.66. The first-order valence-corrected chi connectivity index (χ1v) is 5.82. The van der Waals surface area contributed by atoms with Crippen molar-refractivity contribution < 1.29 is 4.74 Å². The van der Waals surface area contributed by atoms with Crippen molar-refractivity contribution >= 4 is 17.0 Å². The molecule has 0 amide bonds. The number of nitrogen functional groups attached to an aromatic ring is 1. The van der Waals surface area contributed by atoms with E-state index in [-0.39, 0.29) is 0 Å². The Bertz CT molecular complexity index is 543. The largest absolute Gasteiger partial charge is 0.382 e. The molecule has 0 radical (unpaired) electrons. The molecule has 0 atom stereocenters. The van der Waals surface area contributed by atoms with Crippen LogP contribution in [-0.4, -0.2) is 35.7 Å². The molecule has 2 N–H and O–H groups in total. The third kappa shape index (κ3) is 1.72. The van der Waals surface area contributed by atoms with Gasteiger partial charge in [-0.1, -0.05) is 0 Å². The first kappa shape index (κ1) is 10.4. The molecular formula is C12H16N4O. The Morgan fingerprint density at radius 2 is 2.12 bits per heavy atom. The van der Waals surface area contributed by atoms with Gasteiger partial charge in [0.1, 0.15) is 11.6 Å². The number of ether oxygens (including phenoxy) is 1. The zero-order chi connectivity index (χ0) is 11.8. The van der Waals surface area contributed by atoms with E-state index < -0.39 is 0 Å². The highest BCUT2D eigenvalue weighted by Crippen LogP contribution is 2.22. The van der Waals surface area contributed by atoms with Gasteiger partial charge in [0.2, 0.25) is 0 Å². The van der Waals surface area contributed by atoms with Crippen molar-refractivity contribution in [1.82, 2.24) is 9.38 Å². The van der Waals surface area contributed by atoms with E-state index in [0.717, 1.165) is 37.6 Å². The maximum atomic E-state index is 5.90. The monoisotopic (exact) mass is 232 g/mol. The summed E-state index contributed by atoms with van der Waals surface area (Å²) < 4.78 is 7.37. The number of hydrogen-bond acceptors (Lipinski definition) is 4. The maximum absolute atomic E-state index is 5.90. The van der Waals surface area contributed by atoms with Gasteiger partial charge in [-0.3, -0.25) is 0 Å². The highest BCUT2D eigenvalue weighted by molar-refractivity contribution is 5.71. The lowest BCUT2D eigenvalue weighted by Gasteiger charge is -2.28. The van der Waals surface area contributed by atoms with Crippen molar-refractivity contribution in [3.8, 4) is 0 Å². The highest BCUT2D eigenvalue weighted by Gasteiger charge is 2.13. The van der Waals surface area contributed by atoms with Crippen LogP contribution in [0.15, 0.2) is 18.3 Å². The van der Waals surface area contributed by atoms with E-state index in [0.29, 0.717) is 5.82 Å². The van der Waals surface area contributed by atoms with Crippen LogP contribution >= 0.6 is 0 Å². The summed E-state index contributed by atoms with van der Waals surface area (Å²) in [6.45, 7) is 5.40. The number of hydrogen-bond donors (Lipinski definition) is 1. The van der Waals surface area contributed by atoms with Crippen molar-refractivity contribution in [3.05, 3.63) is 24.2 Å². The second-order valence-corrected chi connectivity index (χ2v) is 4.28. The number of pyridine rings is 1. The number of aryl methyl sites for hydroxylation is 1. The predicted molar refractivity (Wildman–Crippen MR) is 67.4 cm³/mol. The molecule has 3 heterocycles. The standard InChI is InChI=1S/C12H16N4O/c1-9-14-12(13)11-8-10(2-3-16(9)11)15-4-6-17-7-5-15/h2-3,8H,4-7,13H2,1H3. The van der Waals surface area contributed by atoms with Crippen molar-refractivity contribution in [3.63, 3.8) is 0 Å². The van der Waals surface area contributed by atoms with Gasteiger partial charge in [-0.2, -0.15) is 0 Å². The average molecular weight is 232 g/mol. The Morgan fingerprint density at radius 1 is 1.35 bits per heavy atom. The molecule has 90 valence electrons. The number of aromatic nitrogens is 2. The van der Waals surface area contributed by atoms with Crippen molar-refractivity contribution in [2.24, 2.45) is 0 Å². The molecule has 2 aromatic heterocycles. The molecule has 1 saturated heterocycles. The van der Waals surface area contributed by atoms with Gasteiger partial charge in [0, 0.05) is 25.0 Å². The summed E-state index contributed by atoms with van der Waals surface area (Å²) in [5.74, 6) is 1.52. The van der Waals surface area contributed by atoms with E-state index in [2.05, 4.69) is 22.0 Å². The minimum atomic E-state index is 0.595. The number of nitrogens with two attached hydrogens (primary N) is 1. The fourth-order valence-electron chi connectivity index (χ4n) is 2.27. The summed E-state index contributed by atoms with van der Waals surface area (Å²) in [7, 11) is 0. The van der Waals surface area contributed by atoms with E-state index in [1.54, 1.807) is 0 Å². The summed E-state index contributed by atoms with van der Waals surface area (Å²) in [5, 5.41) is 0. The third-order valence-electron chi connectivity index (χ3n) is 3.21. The van der Waals surface area contributed by atoms with E-state index in [9.17, 15) is 0 Å². The second kappa shape index (κ2) is 3.92. The Balaban J connectivity index is 2.03. The number of imidazole rings is 1. The molecule has 5 nitrogen and oxygen atoms in total. The van der Waals surface area contributed by atoms with Crippen molar-refractivity contribution in [2.75, 3.05) is 36.9 Å². The molecule has 0 unspecified atom stereocenters. The smallest absolute Gasteiger partial charge is 0.149 e. The highest BCUT2D eigenvalue weighted by atomic mass is 16.5. The van der Waals surface area contributed by atoms with Crippen LogP contribution in [0, 0.1) is 6.92 Å². The SMILES string of the molecule is Cc1nc(N)c2cc(N3CCOCC3)ccn12. The van der Waals surface area contributed by atoms with Gasteiger partial charge in [-0.05, 0) is 19.1 Å². The molecule has 0 aromatic carbocycles. The van der Waals surface area contributed by atoms with Crippen LogP contribution < -0.4 is 10.6 Å². The fourth-order valence-corrected chi connectivity index (χ4v) is 2.27. The van der Waals surface area contributed by atoms with Gasteiger partial charge in [0.05, 0.1) is 18.7 Å². The van der Waals surface area contributed by atoms with Crippen LogP contribution in [0.3, 0.4) is 0 Å². The van der Waals surface area contributed by atoms with E-state index in [4.69, 9.17) is 10.5 Å². The Morgan fingerprint density at radius 3 is 2.88 bits per heavy atom. The number of anilines is 2. The summed E-state index contributed by atoms with van der Waals surface area (Å²) in [6.07, 6.45) is 2.03. The quantitative estimate of drug-likeness (QED) is 0.799. The molecule has 0 aliphatic carbocycles. The lowest BCUT2D eigenvalue weighted by molar-refractivity contribution is 0.122. The lowest BCUT2D eigenvalue weighted by Crippen LogP contribution is -2.36. The molecule has 1 fully saturated rings. The minimum Gasteiger partial charge on any atom is -0.382 e. The second-order valence-electron chi connectivity index (χ2n) is 4.28. The minimum absolute atomic E-state index is 0.595. The van der Waals surface area contributed by atoms with Gasteiger partial charge in [0.25, 0.3) is 0 Å². The summed E-state index contributed by atoms with van der Waals surface area (Å²) >= 11 is 0. The zero-order valence-electron chi connectivity index (χ0n) is 9.89. The topological polar surface area (TPSA) is 55.8 Å². The summed E-state index contributed by atoms with van der Waals surface area (Å²) in [5.41, 5.74) is 8.07. The normalized spacial score (nSPS) is 16.6. The van der Waals surface area contributed by atoms with E-state index in [1.807, 2.05) is 17.5 Å². The molecule has 0 bridgehead atoms. The van der Waals surface area contributed by atoms with Crippen LogP contribution in [0.4, 0.5) is 11.5 Å². The molecule has 17 heavy (non-hydrogen) atoms. The van der Waals surface area contributed by atoms with Crippen LogP contribution in [0.1, 0.15) is 5.82 Å². The fraction of sp³-hybridized carbons (Fsp3) is 0.417. The van der Waals surface area contributed by atoms with Crippen LogP contribution in [0.2, 0.25) is 0 Å². The lowest BCUT2D eigenvalue weighted by atomic mass is 10.3. The van der Waals surface area contributed by atoms with Gasteiger partial charge < -0.3 is 19.8 Å². The van der Waals surface area contributed by atoms with Gasteiger partial charge in [-0.25, -0.2) is 4.98 Å². The Kier molecular flexibility index (Phi) is 2.40. The number of rotatable bonds is 1. The molecule has 1 aliphatic rings. The molecule has 0 saturated carbocycles. The van der Waals surface area contributed by atoms with Gasteiger partial charge in [-0.15, -0.1) is 0 Å². The Hall–Kier alpha value is -1.75. The van der Waals surface area contributed by atoms with E-state index >= 15 is 0 Å². The molecule has 3 rings (SSSR count). The first-order valence-electron chi connectivity index (χ1n) is 5.82. The summed E-state index contributed by atoms with van der Waals surface area (Å²) in [4.78, 5) is 6.58. The van der Waals surface area contributed by atoms with E-state index in [1.165, 1.54) is 5.69 Å². The third-order valence-corrected chi connectivity index (χ3v) is 3.21. The molecule has 0 spiro atoms. The summed E-state index contributed by atoms with van der Waals surface area (Å²) in [6, 6.07) is 4.20. The van der Waals surface area contributed by atoms with Gasteiger partial charge >= 0.3 is 0 Å².